The van der Waals surface area contributed by atoms with Crippen molar-refractivity contribution in [3.63, 3.8) is 0 Å². The maximum absolute atomic E-state index is 6.09. The first kappa shape index (κ1) is 16.7. The molecule has 1 aliphatic carbocycles. The zero-order chi connectivity index (χ0) is 16.1. The summed E-state index contributed by atoms with van der Waals surface area (Å²) in [6, 6.07) is 8.73. The molecule has 0 spiro atoms. The summed E-state index contributed by atoms with van der Waals surface area (Å²) in [6.07, 6.45) is 8.36. The quantitative estimate of drug-likeness (QED) is 0.740. The van der Waals surface area contributed by atoms with E-state index in [1.807, 2.05) is 12.1 Å². The average Bonchev–Trinajstić information content (AvgIpc) is 2.56. The van der Waals surface area contributed by atoms with Crippen molar-refractivity contribution in [2.24, 2.45) is 5.73 Å². The first-order chi connectivity index (χ1) is 11.3. The minimum atomic E-state index is 0.445. The second-order valence-electron chi connectivity index (χ2n) is 6.46. The van der Waals surface area contributed by atoms with Crippen LogP contribution in [-0.4, -0.2) is 18.1 Å². The van der Waals surface area contributed by atoms with E-state index in [1.165, 1.54) is 48.7 Å². The van der Waals surface area contributed by atoms with Gasteiger partial charge < -0.3 is 11.1 Å². The number of unbranched alkanes of at least 4 members (excludes halogenated alkanes) is 3. The summed E-state index contributed by atoms with van der Waals surface area (Å²) >= 11 is 6.09. The molecule has 3 nitrogen and oxygen atoms in total. The van der Waals surface area contributed by atoms with E-state index in [1.54, 1.807) is 0 Å². The van der Waals surface area contributed by atoms with Crippen molar-refractivity contribution in [3.8, 4) is 0 Å². The smallest absolute Gasteiger partial charge is 0.0720 e. The molecule has 1 unspecified atom stereocenters. The van der Waals surface area contributed by atoms with E-state index < -0.39 is 0 Å². The van der Waals surface area contributed by atoms with E-state index in [-0.39, 0.29) is 0 Å². The Kier molecular flexibility index (Phi) is 5.87. The van der Waals surface area contributed by atoms with Crippen LogP contribution in [0.4, 0.5) is 0 Å². The van der Waals surface area contributed by atoms with Crippen molar-refractivity contribution in [1.82, 2.24) is 10.3 Å². The standard InChI is InChI=1S/C19H26ClN3/c20-15-9-8-14-12-16-17(22-11-4-2-1-3-10-21)6-5-7-18(16)23-19(14)13-15/h8-9,12-13,17,22H,1-7,10-11,21H2. The van der Waals surface area contributed by atoms with Gasteiger partial charge in [0.2, 0.25) is 0 Å². The highest BCUT2D eigenvalue weighted by Gasteiger charge is 2.21. The monoisotopic (exact) mass is 331 g/mol. The highest BCUT2D eigenvalue weighted by atomic mass is 35.5. The molecule has 0 fully saturated rings. The van der Waals surface area contributed by atoms with Crippen molar-refractivity contribution < 1.29 is 0 Å². The van der Waals surface area contributed by atoms with Crippen LogP contribution in [0.15, 0.2) is 24.3 Å². The van der Waals surface area contributed by atoms with E-state index in [9.17, 15) is 0 Å². The molecule has 4 heteroatoms. The number of benzene rings is 1. The van der Waals surface area contributed by atoms with Crippen molar-refractivity contribution in [1.29, 1.82) is 0 Å². The number of halogens is 1. The fraction of sp³-hybridized carbons (Fsp3) is 0.526. The van der Waals surface area contributed by atoms with Crippen LogP contribution in [0.25, 0.3) is 10.9 Å². The molecule has 3 N–H and O–H groups in total. The van der Waals surface area contributed by atoms with Gasteiger partial charge in [-0.25, -0.2) is 0 Å². The second-order valence-corrected chi connectivity index (χ2v) is 6.90. The van der Waals surface area contributed by atoms with E-state index in [0.717, 1.165) is 36.5 Å². The molecule has 0 aliphatic heterocycles. The van der Waals surface area contributed by atoms with Crippen LogP contribution in [0.1, 0.15) is 55.8 Å². The normalized spacial score (nSPS) is 17.4. The van der Waals surface area contributed by atoms with E-state index in [4.69, 9.17) is 22.3 Å². The number of nitrogens with two attached hydrogens (primary N) is 1. The molecule has 23 heavy (non-hydrogen) atoms. The Balaban J connectivity index is 1.67. The van der Waals surface area contributed by atoms with Gasteiger partial charge in [0.1, 0.15) is 0 Å². The van der Waals surface area contributed by atoms with Gasteiger partial charge in [0.05, 0.1) is 5.52 Å². The van der Waals surface area contributed by atoms with E-state index in [0.29, 0.717) is 6.04 Å². The minimum absolute atomic E-state index is 0.445. The largest absolute Gasteiger partial charge is 0.330 e. The van der Waals surface area contributed by atoms with Crippen molar-refractivity contribution in [2.45, 2.75) is 51.0 Å². The highest BCUT2D eigenvalue weighted by Crippen LogP contribution is 2.31. The van der Waals surface area contributed by atoms with Crippen LogP contribution in [0, 0.1) is 0 Å². The summed E-state index contributed by atoms with van der Waals surface area (Å²) in [7, 11) is 0. The Morgan fingerprint density at radius 1 is 1.17 bits per heavy atom. The Morgan fingerprint density at radius 3 is 2.91 bits per heavy atom. The molecule has 2 aromatic rings. The van der Waals surface area contributed by atoms with Crippen molar-refractivity contribution in [2.75, 3.05) is 13.1 Å². The summed E-state index contributed by atoms with van der Waals surface area (Å²) in [5.41, 5.74) is 9.17. The van der Waals surface area contributed by atoms with Gasteiger partial charge in [-0.1, -0.05) is 30.5 Å². The lowest BCUT2D eigenvalue weighted by molar-refractivity contribution is 0.446. The molecule has 1 aromatic heterocycles. The van der Waals surface area contributed by atoms with Crippen LogP contribution < -0.4 is 11.1 Å². The molecular weight excluding hydrogens is 306 g/mol. The molecule has 1 atom stereocenters. The Bertz CT molecular complexity index is 656. The number of hydrogen-bond acceptors (Lipinski definition) is 3. The van der Waals surface area contributed by atoms with E-state index >= 15 is 0 Å². The van der Waals surface area contributed by atoms with Gasteiger partial charge in [-0.3, -0.25) is 4.98 Å². The third-order valence-electron chi connectivity index (χ3n) is 4.70. The van der Waals surface area contributed by atoms with Gasteiger partial charge in [0, 0.05) is 22.1 Å². The fourth-order valence-corrected chi connectivity index (χ4v) is 3.61. The number of aromatic nitrogens is 1. The van der Waals surface area contributed by atoms with Crippen LogP contribution in [0.3, 0.4) is 0 Å². The molecule has 0 amide bonds. The molecule has 0 bridgehead atoms. The summed E-state index contributed by atoms with van der Waals surface area (Å²) in [6.45, 7) is 1.89. The maximum Gasteiger partial charge on any atom is 0.0720 e. The number of hydrogen-bond donors (Lipinski definition) is 2. The third kappa shape index (κ3) is 4.23. The molecular formula is C19H26ClN3. The molecule has 1 aromatic carbocycles. The van der Waals surface area contributed by atoms with Gasteiger partial charge in [0.25, 0.3) is 0 Å². The first-order valence-electron chi connectivity index (χ1n) is 8.80. The second kappa shape index (κ2) is 8.09. The SMILES string of the molecule is NCCCCCCNC1CCCc2nc3cc(Cl)ccc3cc21. The molecule has 1 heterocycles. The zero-order valence-electron chi connectivity index (χ0n) is 13.7. The molecule has 0 radical (unpaired) electrons. The Hall–Kier alpha value is -1.16. The number of nitrogens with zero attached hydrogens (tertiary/aromatic N) is 1. The number of rotatable bonds is 7. The first-order valence-corrected chi connectivity index (χ1v) is 9.18. The lowest BCUT2D eigenvalue weighted by Crippen LogP contribution is -2.26. The van der Waals surface area contributed by atoms with Crippen LogP contribution in [-0.2, 0) is 6.42 Å². The minimum Gasteiger partial charge on any atom is -0.330 e. The molecule has 1 aliphatic rings. The molecule has 3 rings (SSSR count). The van der Waals surface area contributed by atoms with E-state index in [2.05, 4.69) is 17.4 Å². The van der Waals surface area contributed by atoms with Crippen LogP contribution >= 0.6 is 11.6 Å². The van der Waals surface area contributed by atoms with Crippen LogP contribution in [0.5, 0.6) is 0 Å². The predicted molar refractivity (Wildman–Crippen MR) is 98.0 cm³/mol. The molecule has 0 saturated carbocycles. The number of nitrogens with one attached hydrogen (secondary N) is 1. The molecule has 0 saturated heterocycles. The molecule has 124 valence electrons. The summed E-state index contributed by atoms with van der Waals surface area (Å²) in [5.74, 6) is 0. The summed E-state index contributed by atoms with van der Waals surface area (Å²) in [4.78, 5) is 4.86. The number of aryl methyl sites for hydroxylation is 1. The maximum atomic E-state index is 6.09. The Labute approximate surface area is 143 Å². The van der Waals surface area contributed by atoms with Gasteiger partial charge >= 0.3 is 0 Å². The topological polar surface area (TPSA) is 50.9 Å². The predicted octanol–water partition coefficient (Wildman–Crippen LogP) is 4.37. The number of fused-ring (bicyclic) bond motifs is 2. The summed E-state index contributed by atoms with van der Waals surface area (Å²) < 4.78 is 0. The van der Waals surface area contributed by atoms with Crippen molar-refractivity contribution >= 4 is 22.5 Å². The van der Waals surface area contributed by atoms with Crippen LogP contribution in [0.2, 0.25) is 5.02 Å². The van der Waals surface area contributed by atoms with Gasteiger partial charge in [-0.2, -0.15) is 0 Å². The average molecular weight is 332 g/mol. The van der Waals surface area contributed by atoms with Gasteiger partial charge in [-0.05, 0) is 69.0 Å². The fourth-order valence-electron chi connectivity index (χ4n) is 3.44. The third-order valence-corrected chi connectivity index (χ3v) is 4.93. The number of pyridine rings is 1. The highest BCUT2D eigenvalue weighted by molar-refractivity contribution is 6.31. The Morgan fingerprint density at radius 2 is 2.04 bits per heavy atom. The lowest BCUT2D eigenvalue weighted by Gasteiger charge is -2.26. The van der Waals surface area contributed by atoms with Gasteiger partial charge in [-0.15, -0.1) is 0 Å². The lowest BCUT2D eigenvalue weighted by atomic mass is 9.90. The van der Waals surface area contributed by atoms with Gasteiger partial charge in [0.15, 0.2) is 0 Å². The van der Waals surface area contributed by atoms with Crippen molar-refractivity contribution in [3.05, 3.63) is 40.5 Å². The summed E-state index contributed by atoms with van der Waals surface area (Å²) in [5, 5.41) is 5.68. The zero-order valence-corrected chi connectivity index (χ0v) is 14.4.